The van der Waals surface area contributed by atoms with Gasteiger partial charge in [-0.25, -0.2) is 25.3 Å². The molecule has 4 aliphatic rings. The lowest BCUT2D eigenvalue weighted by molar-refractivity contribution is 0.242. The number of sulfone groups is 1. The average molecular weight is 1260 g/mol. The molecule has 2 saturated carbocycles. The lowest BCUT2D eigenvalue weighted by Crippen LogP contribution is -2.49. The molecule has 2 saturated heterocycles. The Morgan fingerprint density at radius 2 is 0.961 bits per heavy atom. The Morgan fingerprint density at radius 3 is 1.35 bits per heavy atom. The topological polar surface area (TPSA) is 204 Å². The van der Waals surface area contributed by atoms with Crippen molar-refractivity contribution < 1.29 is 34.7 Å². The minimum Gasteiger partial charge on any atom is -0.486 e. The van der Waals surface area contributed by atoms with Crippen molar-refractivity contribution in [3.63, 3.8) is 0 Å². The van der Waals surface area contributed by atoms with Gasteiger partial charge in [-0.3, -0.25) is 9.59 Å². The van der Waals surface area contributed by atoms with E-state index in [1.54, 1.807) is 73.1 Å². The van der Waals surface area contributed by atoms with E-state index in [1.165, 1.54) is 30.1 Å². The van der Waals surface area contributed by atoms with Crippen LogP contribution < -0.4 is 30.4 Å². The number of hydrogen-bond acceptors (Lipinski definition) is 14. The summed E-state index contributed by atoms with van der Waals surface area (Å²) >= 11 is 14.5. The van der Waals surface area contributed by atoms with Crippen LogP contribution in [0.15, 0.2) is 124 Å². The highest BCUT2D eigenvalue weighted by Crippen LogP contribution is 2.46. The summed E-state index contributed by atoms with van der Waals surface area (Å²) in [7, 11) is -10.6. The van der Waals surface area contributed by atoms with Crippen molar-refractivity contribution in [2.75, 3.05) is 81.6 Å². The molecular formula is C53H59Cl2IN8O10S3. The van der Waals surface area contributed by atoms with Crippen LogP contribution in [0.25, 0.3) is 11.4 Å². The zero-order chi connectivity index (χ0) is 54.9. The Balaban J connectivity index is 0.000000188. The summed E-state index contributed by atoms with van der Waals surface area (Å²) in [5, 5.41) is 9.77. The van der Waals surface area contributed by atoms with Crippen molar-refractivity contribution in [1.82, 2.24) is 28.2 Å². The first-order valence-electron chi connectivity index (χ1n) is 25.0. The number of rotatable bonds is 17. The number of sulfonamides is 2. The molecule has 10 rings (SSSR count). The second kappa shape index (κ2) is 22.9. The fourth-order valence-electron chi connectivity index (χ4n) is 8.88. The molecule has 0 spiro atoms. The van der Waals surface area contributed by atoms with Crippen molar-refractivity contribution >= 4 is 87.1 Å². The third-order valence-corrected chi connectivity index (χ3v) is 20.1. The maximum absolute atomic E-state index is 13.6. The molecule has 18 nitrogen and oxygen atoms in total. The lowest BCUT2D eigenvalue weighted by Gasteiger charge is -2.35. The summed E-state index contributed by atoms with van der Waals surface area (Å²) in [6, 6.07) is 27.3. The third kappa shape index (κ3) is 14.0. The minimum atomic E-state index is -3.70. The van der Waals surface area contributed by atoms with E-state index in [0.29, 0.717) is 90.8 Å². The maximum Gasteiger partial charge on any atom is 0.316 e. The Hall–Kier alpha value is -5.08. The summed E-state index contributed by atoms with van der Waals surface area (Å²) in [5.41, 5.74) is 2.69. The molecule has 410 valence electrons. The van der Waals surface area contributed by atoms with E-state index < -0.39 is 35.4 Å². The van der Waals surface area contributed by atoms with Gasteiger partial charge in [0.25, 0.3) is 0 Å². The van der Waals surface area contributed by atoms with Crippen molar-refractivity contribution in [1.29, 1.82) is 0 Å². The van der Waals surface area contributed by atoms with Crippen molar-refractivity contribution in [2.24, 2.45) is 10.8 Å². The van der Waals surface area contributed by atoms with Gasteiger partial charge in [-0.15, -0.1) is 0 Å². The molecule has 24 heteroatoms. The van der Waals surface area contributed by atoms with Crippen LogP contribution in [0, 0.1) is 14.4 Å². The van der Waals surface area contributed by atoms with Crippen molar-refractivity contribution in [3.8, 4) is 22.9 Å². The normalized spacial score (nSPS) is 17.5. The quantitative estimate of drug-likeness (QED) is 0.0815. The number of nitrogens with zero attached hydrogens (tertiary/aromatic N) is 8. The second-order valence-corrected chi connectivity index (χ2v) is 28.7. The zero-order valence-electron chi connectivity index (χ0n) is 42.7. The fourth-order valence-corrected chi connectivity index (χ4v) is 13.6. The molecule has 0 bridgehead atoms. The standard InChI is InChI=1S/C27H31ClN4O6S2.C26H28ClIN4O4S/c1-27(9-10-27)19-38-25-24(17-29-32(26(25)33)22-7-4-6-21(28)16-22)30-11-13-31(14-12-30)40(36,37)18-20-5-3-8-23(15-20)39(2,34)35;1-26(8-9-26)18-36-24-23(16-29-32(25(24)33)22-7-3-5-20(27)15-22)30-10-12-31(13-11-30)37(34,35)17-19-4-2-6-21(28)14-19/h3-8,15-17H,9-14,18-19H2,1-2H3;2-7,14-16H,8-13,17-18H2,1H3. The Morgan fingerprint density at radius 1 is 0.558 bits per heavy atom. The molecule has 2 aromatic heterocycles. The number of piperazine rings is 2. The van der Waals surface area contributed by atoms with E-state index in [9.17, 15) is 34.8 Å². The van der Waals surface area contributed by atoms with Crippen LogP contribution in [0.4, 0.5) is 11.4 Å². The van der Waals surface area contributed by atoms with Crippen LogP contribution in [0.3, 0.4) is 0 Å². The van der Waals surface area contributed by atoms with Crippen LogP contribution in [0.2, 0.25) is 10.0 Å². The highest BCUT2D eigenvalue weighted by molar-refractivity contribution is 14.1. The Kier molecular flexibility index (Phi) is 16.9. The summed E-state index contributed by atoms with van der Waals surface area (Å²) < 4.78 is 95.0. The van der Waals surface area contributed by atoms with E-state index >= 15 is 0 Å². The Labute approximate surface area is 472 Å². The smallest absolute Gasteiger partial charge is 0.316 e. The molecule has 2 aliphatic carbocycles. The monoisotopic (exact) mass is 1260 g/mol. The van der Waals surface area contributed by atoms with Gasteiger partial charge in [0.15, 0.2) is 9.84 Å². The number of anilines is 2. The predicted octanol–water partition coefficient (Wildman–Crippen LogP) is 7.44. The first kappa shape index (κ1) is 56.6. The Bertz CT molecular complexity index is 3640. The molecule has 6 aromatic rings. The van der Waals surface area contributed by atoms with Gasteiger partial charge < -0.3 is 19.3 Å². The number of benzene rings is 4. The number of ether oxygens (including phenoxy) is 2. The van der Waals surface area contributed by atoms with Gasteiger partial charge >= 0.3 is 11.1 Å². The summed E-state index contributed by atoms with van der Waals surface area (Å²) in [5.74, 6) is 0.0736. The molecule has 77 heavy (non-hydrogen) atoms. The maximum atomic E-state index is 13.6. The molecular weight excluding hydrogens is 1200 g/mol. The van der Waals surface area contributed by atoms with E-state index in [1.807, 2.05) is 34.1 Å². The highest BCUT2D eigenvalue weighted by Gasteiger charge is 2.40. The van der Waals surface area contributed by atoms with E-state index in [4.69, 9.17) is 32.7 Å². The van der Waals surface area contributed by atoms with Gasteiger partial charge in [0, 0.05) is 83.1 Å². The van der Waals surface area contributed by atoms with E-state index in [0.717, 1.165) is 41.1 Å². The zero-order valence-corrected chi connectivity index (χ0v) is 48.8. The molecule has 0 N–H and O–H groups in total. The minimum absolute atomic E-state index is 0.0337. The molecule has 0 unspecified atom stereocenters. The van der Waals surface area contributed by atoms with Crippen LogP contribution in [-0.2, 0) is 41.4 Å². The summed E-state index contributed by atoms with van der Waals surface area (Å²) in [4.78, 5) is 31.1. The molecule has 0 radical (unpaired) electrons. The SMILES string of the molecule is CC1(COc2c(N3CCN(S(=O)(=O)Cc4cccc(I)c4)CC3)cnn(-c3cccc(Cl)c3)c2=O)CC1.CC1(COc2c(N3CCN(S(=O)(=O)Cc4cccc(S(C)(=O)=O)c4)CC3)cnn(-c3cccc(Cl)c3)c2=O)CC1. The van der Waals surface area contributed by atoms with Crippen LogP contribution in [0.5, 0.6) is 11.5 Å². The van der Waals surface area contributed by atoms with Gasteiger partial charge in [0.05, 0.1) is 53.4 Å². The predicted molar refractivity (Wildman–Crippen MR) is 307 cm³/mol. The van der Waals surface area contributed by atoms with Crippen LogP contribution >= 0.6 is 45.8 Å². The van der Waals surface area contributed by atoms with E-state index in [2.05, 4.69) is 46.6 Å². The van der Waals surface area contributed by atoms with Gasteiger partial charge in [-0.05, 0) is 120 Å². The molecule has 0 atom stereocenters. The van der Waals surface area contributed by atoms with Gasteiger partial charge in [-0.1, -0.05) is 73.4 Å². The first-order valence-corrected chi connectivity index (χ1v) is 31.9. The second-order valence-electron chi connectivity index (χ2n) is 20.6. The molecule has 4 aromatic carbocycles. The van der Waals surface area contributed by atoms with Crippen LogP contribution in [-0.4, -0.2) is 125 Å². The molecule has 2 aliphatic heterocycles. The third-order valence-electron chi connectivity index (χ3n) is 14.1. The molecule has 0 amide bonds. The largest absolute Gasteiger partial charge is 0.486 e. The number of halogens is 3. The van der Waals surface area contributed by atoms with E-state index in [-0.39, 0.29) is 57.4 Å². The highest BCUT2D eigenvalue weighted by atomic mass is 127. The average Bonchev–Trinajstić information content (AvgIpc) is 4.33. The summed E-state index contributed by atoms with van der Waals surface area (Å²) in [6.45, 7) is 7.65. The van der Waals surface area contributed by atoms with Gasteiger partial charge in [0.1, 0.15) is 11.4 Å². The lowest BCUT2D eigenvalue weighted by atomic mass is 10.2. The van der Waals surface area contributed by atoms with Crippen molar-refractivity contribution in [3.05, 3.63) is 155 Å². The number of hydrogen-bond donors (Lipinski definition) is 0. The van der Waals surface area contributed by atoms with Crippen molar-refractivity contribution in [2.45, 2.75) is 55.9 Å². The summed E-state index contributed by atoms with van der Waals surface area (Å²) in [6.07, 6.45) is 8.47. The van der Waals surface area contributed by atoms with Gasteiger partial charge in [-0.2, -0.15) is 28.2 Å². The number of aromatic nitrogens is 4. The molecule has 4 heterocycles. The van der Waals surface area contributed by atoms with Gasteiger partial charge in [0.2, 0.25) is 31.5 Å². The first-order chi connectivity index (χ1) is 36.5. The van der Waals surface area contributed by atoms with Crippen LogP contribution in [0.1, 0.15) is 50.7 Å². The fraction of sp³-hybridized carbons (Fsp3) is 0.396. The molecule has 4 fully saturated rings.